The molecule has 0 saturated carbocycles. The molecule has 11 heteroatoms. The number of benzene rings is 2. The van der Waals surface area contributed by atoms with Gasteiger partial charge in [-0.2, -0.15) is 13.2 Å². The Morgan fingerprint density at radius 2 is 1.67 bits per heavy atom. The van der Waals surface area contributed by atoms with Crippen LogP contribution in [0.15, 0.2) is 54.9 Å². The molecule has 33 heavy (non-hydrogen) atoms. The van der Waals surface area contributed by atoms with Crippen LogP contribution in [0.2, 0.25) is 0 Å². The van der Waals surface area contributed by atoms with Gasteiger partial charge >= 0.3 is 6.18 Å². The van der Waals surface area contributed by atoms with Crippen LogP contribution in [0.1, 0.15) is 11.1 Å². The number of alkyl halides is 3. The first-order chi connectivity index (χ1) is 15.7. The van der Waals surface area contributed by atoms with Crippen molar-refractivity contribution < 1.29 is 31.1 Å². The van der Waals surface area contributed by atoms with Gasteiger partial charge in [-0.25, -0.2) is 28.1 Å². The van der Waals surface area contributed by atoms with Gasteiger partial charge in [0.15, 0.2) is 0 Å². The van der Waals surface area contributed by atoms with Gasteiger partial charge in [-0.1, -0.05) is 6.07 Å². The molecule has 4 rings (SSSR count). The van der Waals surface area contributed by atoms with Crippen molar-refractivity contribution in [3.05, 3.63) is 83.4 Å². The van der Waals surface area contributed by atoms with Crippen molar-refractivity contribution >= 4 is 16.9 Å². The summed E-state index contributed by atoms with van der Waals surface area (Å²) in [6.07, 6.45) is -2.28. The zero-order valence-electron chi connectivity index (χ0n) is 16.6. The second-order valence-electron chi connectivity index (χ2n) is 6.90. The average Bonchev–Trinajstić information content (AvgIpc) is 2.77. The number of anilines is 1. The second-order valence-corrected chi connectivity index (χ2v) is 6.90. The highest BCUT2D eigenvalue weighted by Crippen LogP contribution is 2.32. The van der Waals surface area contributed by atoms with Gasteiger partial charge in [-0.3, -0.25) is 0 Å². The van der Waals surface area contributed by atoms with Gasteiger partial charge in [0.2, 0.25) is 11.8 Å². The van der Waals surface area contributed by atoms with Gasteiger partial charge in [0.05, 0.1) is 10.9 Å². The zero-order valence-corrected chi connectivity index (χ0v) is 16.6. The van der Waals surface area contributed by atoms with Gasteiger partial charge in [0.25, 0.3) is 0 Å². The van der Waals surface area contributed by atoms with Crippen LogP contribution in [0, 0.1) is 17.5 Å². The van der Waals surface area contributed by atoms with Gasteiger partial charge in [0.1, 0.15) is 28.7 Å². The number of nitrogens with zero attached hydrogens (tertiary/aromatic N) is 3. The van der Waals surface area contributed by atoms with E-state index in [1.54, 1.807) is 0 Å². The first-order valence-corrected chi connectivity index (χ1v) is 9.55. The fourth-order valence-corrected chi connectivity index (χ4v) is 3.00. The van der Waals surface area contributed by atoms with Gasteiger partial charge in [-0.05, 0) is 36.2 Å². The molecule has 170 valence electrons. The third-order valence-corrected chi connectivity index (χ3v) is 4.63. The van der Waals surface area contributed by atoms with Crippen LogP contribution in [-0.2, 0) is 12.6 Å². The minimum atomic E-state index is -4.56. The molecule has 0 spiro atoms. The van der Waals surface area contributed by atoms with Crippen LogP contribution in [0.5, 0.6) is 11.6 Å². The monoisotopic (exact) mass is 464 g/mol. The lowest BCUT2D eigenvalue weighted by atomic mass is 10.1. The predicted molar refractivity (Wildman–Crippen MR) is 107 cm³/mol. The lowest BCUT2D eigenvalue weighted by Gasteiger charge is -2.10. The minimum absolute atomic E-state index is 0.0219. The molecule has 2 aromatic carbocycles. The Labute approximate surface area is 183 Å². The highest BCUT2D eigenvalue weighted by atomic mass is 19.4. The Morgan fingerprint density at radius 3 is 2.42 bits per heavy atom. The quantitative estimate of drug-likeness (QED) is 0.360. The van der Waals surface area contributed by atoms with Crippen LogP contribution < -0.4 is 10.1 Å². The van der Waals surface area contributed by atoms with Crippen LogP contribution in [0.25, 0.3) is 10.9 Å². The maximum atomic E-state index is 14.4. The number of pyridine rings is 1. The molecular formula is C22H14F6N4O. The summed E-state index contributed by atoms with van der Waals surface area (Å²) in [5.41, 5.74) is -0.831. The molecule has 0 saturated heterocycles. The first kappa shape index (κ1) is 22.3. The lowest BCUT2D eigenvalue weighted by Crippen LogP contribution is -2.09. The minimum Gasteiger partial charge on any atom is -0.439 e. The SMILES string of the molecule is Fc1cc(Oc2cc(C(F)(F)F)ccn2)ccc1CCNc1ncc2c(F)ccc(F)c2n1. The fourth-order valence-electron chi connectivity index (χ4n) is 3.00. The molecule has 5 nitrogen and oxygen atoms in total. The molecule has 0 atom stereocenters. The highest BCUT2D eigenvalue weighted by molar-refractivity contribution is 5.79. The Kier molecular flexibility index (Phi) is 6.03. The van der Waals surface area contributed by atoms with E-state index in [1.807, 2.05) is 0 Å². The lowest BCUT2D eigenvalue weighted by molar-refractivity contribution is -0.137. The van der Waals surface area contributed by atoms with Crippen molar-refractivity contribution in [3.8, 4) is 11.6 Å². The summed E-state index contributed by atoms with van der Waals surface area (Å²) in [5.74, 6) is -2.30. The van der Waals surface area contributed by atoms with Crippen molar-refractivity contribution in [2.24, 2.45) is 0 Å². The molecule has 4 aromatic rings. The molecule has 2 heterocycles. The molecule has 2 aromatic heterocycles. The van der Waals surface area contributed by atoms with Gasteiger partial charge in [-0.15, -0.1) is 0 Å². The normalized spacial score (nSPS) is 11.6. The Hall–Kier alpha value is -3.89. The van der Waals surface area contributed by atoms with Crippen LogP contribution in [0.4, 0.5) is 32.3 Å². The number of aromatic nitrogens is 3. The van der Waals surface area contributed by atoms with Crippen molar-refractivity contribution in [1.82, 2.24) is 15.0 Å². The summed E-state index contributed by atoms with van der Waals surface area (Å²) in [4.78, 5) is 11.6. The van der Waals surface area contributed by atoms with E-state index in [0.29, 0.717) is 6.07 Å². The number of hydrogen-bond acceptors (Lipinski definition) is 5. The maximum Gasteiger partial charge on any atom is 0.416 e. The van der Waals surface area contributed by atoms with E-state index in [1.165, 1.54) is 12.1 Å². The number of nitrogens with one attached hydrogen (secondary N) is 1. The smallest absolute Gasteiger partial charge is 0.416 e. The molecule has 0 unspecified atom stereocenters. The third-order valence-electron chi connectivity index (χ3n) is 4.63. The van der Waals surface area contributed by atoms with Crippen molar-refractivity contribution in [1.29, 1.82) is 0 Å². The Morgan fingerprint density at radius 1 is 0.879 bits per heavy atom. The van der Waals surface area contributed by atoms with Crippen LogP contribution in [-0.4, -0.2) is 21.5 Å². The average molecular weight is 464 g/mol. The molecule has 0 bridgehead atoms. The van der Waals surface area contributed by atoms with Crippen molar-refractivity contribution in [2.45, 2.75) is 12.6 Å². The number of halogens is 6. The second kappa shape index (κ2) is 8.93. The molecule has 0 aliphatic heterocycles. The molecule has 0 amide bonds. The summed E-state index contributed by atoms with van der Waals surface area (Å²) >= 11 is 0. The van der Waals surface area contributed by atoms with E-state index in [9.17, 15) is 26.3 Å². The van der Waals surface area contributed by atoms with Crippen LogP contribution in [0.3, 0.4) is 0 Å². The molecular weight excluding hydrogens is 450 g/mol. The van der Waals surface area contributed by atoms with E-state index in [-0.39, 0.29) is 47.0 Å². The van der Waals surface area contributed by atoms with Crippen molar-refractivity contribution in [3.63, 3.8) is 0 Å². The summed E-state index contributed by atoms with van der Waals surface area (Å²) in [5, 5.41) is 2.75. The van der Waals surface area contributed by atoms with E-state index in [0.717, 1.165) is 36.7 Å². The number of ether oxygens (including phenoxy) is 1. The summed E-state index contributed by atoms with van der Waals surface area (Å²) in [7, 11) is 0. The van der Waals surface area contributed by atoms with Crippen molar-refractivity contribution in [2.75, 3.05) is 11.9 Å². The van der Waals surface area contributed by atoms with E-state index >= 15 is 0 Å². The summed E-state index contributed by atoms with van der Waals surface area (Å²) in [6, 6.07) is 7.29. The van der Waals surface area contributed by atoms with E-state index in [2.05, 4.69) is 20.3 Å². The standard InChI is InChI=1S/C22H14F6N4O/c23-16-3-4-17(24)20-15(16)11-31-21(32-20)30-7-5-12-1-2-14(10-18(12)25)33-19-9-13(6-8-29-19)22(26,27)28/h1-4,6,8-11H,5,7H2,(H,30,31,32). The topological polar surface area (TPSA) is 59.9 Å². The number of hydrogen-bond donors (Lipinski definition) is 1. The largest absolute Gasteiger partial charge is 0.439 e. The maximum absolute atomic E-state index is 14.4. The summed E-state index contributed by atoms with van der Waals surface area (Å²) < 4.78 is 85.6. The number of fused-ring (bicyclic) bond motifs is 1. The number of rotatable bonds is 6. The Bertz CT molecular complexity index is 1310. The van der Waals surface area contributed by atoms with E-state index < -0.39 is 29.2 Å². The first-order valence-electron chi connectivity index (χ1n) is 9.55. The summed E-state index contributed by atoms with van der Waals surface area (Å²) in [6.45, 7) is 0.175. The molecule has 0 aliphatic rings. The van der Waals surface area contributed by atoms with Crippen LogP contribution >= 0.6 is 0 Å². The highest BCUT2D eigenvalue weighted by Gasteiger charge is 2.31. The zero-order chi connectivity index (χ0) is 23.6. The van der Waals surface area contributed by atoms with E-state index in [4.69, 9.17) is 4.74 Å². The molecule has 0 aliphatic carbocycles. The van der Waals surface area contributed by atoms with Gasteiger partial charge < -0.3 is 10.1 Å². The molecule has 1 N–H and O–H groups in total. The fraction of sp³-hybridized carbons (Fsp3) is 0.136. The third kappa shape index (κ3) is 5.13. The molecule has 0 radical (unpaired) electrons. The molecule has 0 fully saturated rings. The predicted octanol–water partition coefficient (Wildman–Crippen LogP) is 5.91. The Balaban J connectivity index is 1.40. The van der Waals surface area contributed by atoms with Gasteiger partial charge in [0, 0.05) is 31.1 Å².